The van der Waals surface area contributed by atoms with Gasteiger partial charge in [0.2, 0.25) is 0 Å². The molecular formula is C21H17F2N3O. The smallest absolute Gasteiger partial charge is 0.250 e. The molecule has 0 N–H and O–H groups in total. The third-order valence-corrected chi connectivity index (χ3v) is 5.49. The number of nitriles is 1. The third kappa shape index (κ3) is 2.58. The molecule has 2 aliphatic heterocycles. The lowest BCUT2D eigenvalue weighted by molar-refractivity contribution is -0.152. The van der Waals surface area contributed by atoms with E-state index in [1.165, 1.54) is 12.1 Å². The molecule has 1 fully saturated rings. The van der Waals surface area contributed by atoms with Gasteiger partial charge < -0.3 is 9.80 Å². The van der Waals surface area contributed by atoms with Gasteiger partial charge in [0.15, 0.2) is 0 Å². The first-order valence-electron chi connectivity index (χ1n) is 8.64. The van der Waals surface area contributed by atoms with Crippen LogP contribution in [-0.2, 0) is 4.79 Å². The average molecular weight is 365 g/mol. The molecule has 0 aliphatic carbocycles. The summed E-state index contributed by atoms with van der Waals surface area (Å²) in [5.74, 6) is -1.61. The highest BCUT2D eigenvalue weighted by atomic mass is 19.1. The third-order valence-electron chi connectivity index (χ3n) is 5.49. The number of hydrogen-bond donors (Lipinski definition) is 0. The summed E-state index contributed by atoms with van der Waals surface area (Å²) >= 11 is 0. The predicted octanol–water partition coefficient (Wildman–Crippen LogP) is 3.46. The van der Waals surface area contributed by atoms with Crippen LogP contribution in [0.3, 0.4) is 0 Å². The minimum atomic E-state index is -0.619. The van der Waals surface area contributed by atoms with Gasteiger partial charge in [0.25, 0.3) is 5.91 Å². The number of rotatable bonds is 2. The van der Waals surface area contributed by atoms with E-state index in [1.54, 1.807) is 35.2 Å². The van der Waals surface area contributed by atoms with Crippen LogP contribution in [0, 0.1) is 23.0 Å². The second kappa shape index (κ2) is 6.20. The Morgan fingerprint density at radius 1 is 1.11 bits per heavy atom. The first kappa shape index (κ1) is 17.2. The molecule has 1 saturated heterocycles. The van der Waals surface area contributed by atoms with Crippen molar-refractivity contribution in [3.05, 3.63) is 76.9 Å². The average Bonchev–Trinajstić information content (AvgIpc) is 2.65. The molecule has 0 saturated carbocycles. The Labute approximate surface area is 155 Å². The summed E-state index contributed by atoms with van der Waals surface area (Å²) < 4.78 is 27.7. The Kier molecular flexibility index (Phi) is 3.96. The second-order valence-corrected chi connectivity index (χ2v) is 6.92. The molecule has 0 spiro atoms. The minimum Gasteiger partial charge on any atom is -0.353 e. The van der Waals surface area contributed by atoms with E-state index in [9.17, 15) is 13.6 Å². The molecule has 0 bridgehead atoms. The molecule has 136 valence electrons. The van der Waals surface area contributed by atoms with Crippen molar-refractivity contribution < 1.29 is 13.6 Å². The van der Waals surface area contributed by atoms with Crippen molar-refractivity contribution in [2.24, 2.45) is 0 Å². The molecule has 2 aliphatic rings. The first-order valence-corrected chi connectivity index (χ1v) is 8.64. The second-order valence-electron chi connectivity index (χ2n) is 6.92. The monoisotopic (exact) mass is 365 g/mol. The van der Waals surface area contributed by atoms with Crippen LogP contribution in [-0.4, -0.2) is 35.0 Å². The van der Waals surface area contributed by atoms with Crippen LogP contribution in [0.2, 0.25) is 0 Å². The molecule has 0 aromatic heterocycles. The van der Waals surface area contributed by atoms with Crippen LogP contribution >= 0.6 is 0 Å². The Hall–Kier alpha value is -3.20. The fourth-order valence-electron chi connectivity index (χ4n) is 4.12. The van der Waals surface area contributed by atoms with Crippen LogP contribution in [0.4, 0.5) is 8.78 Å². The lowest BCUT2D eigenvalue weighted by Gasteiger charge is -2.59. The van der Waals surface area contributed by atoms with Crippen molar-refractivity contribution >= 4 is 11.6 Å². The minimum absolute atomic E-state index is 0.135. The number of hydrogen-bond acceptors (Lipinski definition) is 3. The number of carbonyl (C=O) groups is 1. The van der Waals surface area contributed by atoms with Crippen LogP contribution in [0.1, 0.15) is 29.5 Å². The zero-order valence-corrected chi connectivity index (χ0v) is 14.9. The van der Waals surface area contributed by atoms with Crippen molar-refractivity contribution in [2.45, 2.75) is 25.0 Å². The van der Waals surface area contributed by atoms with Crippen LogP contribution < -0.4 is 0 Å². The normalized spacial score (nSPS) is 24.0. The van der Waals surface area contributed by atoms with Gasteiger partial charge in [-0.2, -0.15) is 5.26 Å². The largest absolute Gasteiger partial charge is 0.353 e. The lowest BCUT2D eigenvalue weighted by atomic mass is 9.77. The van der Waals surface area contributed by atoms with Crippen molar-refractivity contribution in [3.63, 3.8) is 0 Å². The van der Waals surface area contributed by atoms with Gasteiger partial charge in [-0.25, -0.2) is 8.78 Å². The van der Waals surface area contributed by atoms with Crippen molar-refractivity contribution in [2.75, 3.05) is 7.05 Å². The Balaban J connectivity index is 1.72. The molecule has 4 nitrogen and oxygen atoms in total. The van der Waals surface area contributed by atoms with Crippen LogP contribution in [0.5, 0.6) is 0 Å². The first-order chi connectivity index (χ1) is 12.9. The van der Waals surface area contributed by atoms with E-state index in [-0.39, 0.29) is 24.0 Å². The quantitative estimate of drug-likeness (QED) is 0.819. The number of nitrogens with zero attached hydrogens (tertiary/aromatic N) is 3. The van der Waals surface area contributed by atoms with Gasteiger partial charge >= 0.3 is 0 Å². The van der Waals surface area contributed by atoms with E-state index in [4.69, 9.17) is 5.26 Å². The van der Waals surface area contributed by atoms with E-state index >= 15 is 0 Å². The van der Waals surface area contributed by atoms with E-state index in [2.05, 4.69) is 6.07 Å². The molecule has 0 radical (unpaired) electrons. The molecule has 6 heteroatoms. The zero-order valence-electron chi connectivity index (χ0n) is 14.9. The summed E-state index contributed by atoms with van der Waals surface area (Å²) in [6, 6.07) is 12.4. The number of likely N-dealkylation sites (N-methyl/N-ethyl adjacent to an activating group) is 1. The number of carbonyl (C=O) groups excluding carboxylic acids is 1. The highest BCUT2D eigenvalue weighted by molar-refractivity contribution is 5.98. The highest BCUT2D eigenvalue weighted by Crippen LogP contribution is 2.47. The Bertz CT molecular complexity index is 993. The van der Waals surface area contributed by atoms with Gasteiger partial charge in [0.05, 0.1) is 17.3 Å². The molecule has 4 rings (SSSR count). The van der Waals surface area contributed by atoms with Gasteiger partial charge in [-0.3, -0.25) is 4.79 Å². The maximum Gasteiger partial charge on any atom is 0.250 e. The molecule has 2 aromatic rings. The number of halogens is 2. The topological polar surface area (TPSA) is 47.3 Å². The molecular weight excluding hydrogens is 348 g/mol. The van der Waals surface area contributed by atoms with Crippen LogP contribution in [0.15, 0.2) is 48.5 Å². The fourth-order valence-corrected chi connectivity index (χ4v) is 4.12. The van der Waals surface area contributed by atoms with E-state index in [1.807, 2.05) is 18.9 Å². The SMILES string of the molecule is CC1C(c2ccc(F)cc2F)C2N(C)C(c3ccc(C#N)cc3)=CC(=O)N12. The van der Waals surface area contributed by atoms with Gasteiger partial charge in [-0.1, -0.05) is 18.2 Å². The van der Waals surface area contributed by atoms with E-state index in [0.717, 1.165) is 11.6 Å². The molecule has 3 unspecified atom stereocenters. The molecule has 2 heterocycles. The molecule has 27 heavy (non-hydrogen) atoms. The lowest BCUT2D eigenvalue weighted by Crippen LogP contribution is -2.69. The van der Waals surface area contributed by atoms with Crippen molar-refractivity contribution in [1.29, 1.82) is 5.26 Å². The summed E-state index contributed by atoms with van der Waals surface area (Å²) in [6.07, 6.45) is 1.22. The number of benzene rings is 2. The van der Waals surface area contributed by atoms with E-state index in [0.29, 0.717) is 16.8 Å². The Morgan fingerprint density at radius 3 is 2.44 bits per heavy atom. The zero-order chi connectivity index (χ0) is 19.3. The number of fused-ring (bicyclic) bond motifs is 1. The van der Waals surface area contributed by atoms with Crippen LogP contribution in [0.25, 0.3) is 5.70 Å². The Morgan fingerprint density at radius 2 is 1.81 bits per heavy atom. The highest BCUT2D eigenvalue weighted by Gasteiger charge is 2.53. The fraction of sp³-hybridized carbons (Fsp3) is 0.238. The summed E-state index contributed by atoms with van der Waals surface area (Å²) in [5, 5.41) is 8.96. The van der Waals surface area contributed by atoms with Gasteiger partial charge in [0, 0.05) is 31.1 Å². The van der Waals surface area contributed by atoms with Gasteiger partial charge in [-0.15, -0.1) is 0 Å². The molecule has 3 atom stereocenters. The molecule has 1 amide bonds. The summed E-state index contributed by atoms with van der Waals surface area (Å²) in [5.41, 5.74) is 2.47. The summed E-state index contributed by atoms with van der Waals surface area (Å²) in [7, 11) is 1.86. The number of amides is 1. The standard InChI is InChI=1S/C21H17F2N3O/c1-12-20(16-8-7-15(22)9-17(16)23)21-25(2)18(10-19(27)26(12)21)14-5-3-13(11-24)4-6-14/h3-10,12,20-21H,1-2H3. The van der Waals surface area contributed by atoms with E-state index < -0.39 is 11.6 Å². The predicted molar refractivity (Wildman–Crippen MR) is 96.1 cm³/mol. The van der Waals surface area contributed by atoms with Gasteiger partial charge in [-0.05, 0) is 36.2 Å². The maximum atomic E-state index is 14.4. The summed E-state index contributed by atoms with van der Waals surface area (Å²) in [6.45, 7) is 1.87. The van der Waals surface area contributed by atoms with Gasteiger partial charge in [0.1, 0.15) is 17.8 Å². The van der Waals surface area contributed by atoms with Crippen molar-refractivity contribution in [3.8, 4) is 6.07 Å². The maximum absolute atomic E-state index is 14.4. The van der Waals surface area contributed by atoms with Crippen molar-refractivity contribution in [1.82, 2.24) is 9.80 Å². The molecule has 2 aromatic carbocycles. The summed E-state index contributed by atoms with van der Waals surface area (Å²) in [4.78, 5) is 16.3.